The van der Waals surface area contributed by atoms with Gasteiger partial charge < -0.3 is 4.74 Å². The number of hydrogen-bond donors (Lipinski definition) is 0. The molecule has 0 aliphatic heterocycles. The monoisotopic (exact) mass is 256 g/mol. The first kappa shape index (κ1) is 13.3. The molecule has 0 saturated heterocycles. The molecule has 3 nitrogen and oxygen atoms in total. The summed E-state index contributed by atoms with van der Waals surface area (Å²) in [6.07, 6.45) is 2.12. The van der Waals surface area contributed by atoms with Crippen LogP contribution in [-0.2, 0) is 14.3 Å². The summed E-state index contributed by atoms with van der Waals surface area (Å²) in [7, 11) is 0. The fourth-order valence-corrected chi connectivity index (χ4v) is 2.11. The summed E-state index contributed by atoms with van der Waals surface area (Å²) in [5, 5.41) is 0. The third kappa shape index (κ3) is 2.81. The highest BCUT2D eigenvalue weighted by Gasteiger charge is 2.27. The molecule has 19 heavy (non-hydrogen) atoms. The second-order valence-electron chi connectivity index (χ2n) is 4.72. The molecule has 1 aromatic rings. The van der Waals surface area contributed by atoms with Crippen LogP contribution in [0.25, 0.3) is 6.08 Å². The van der Waals surface area contributed by atoms with E-state index in [0.29, 0.717) is 17.8 Å². The molecule has 0 unspecified atom stereocenters. The summed E-state index contributed by atoms with van der Waals surface area (Å²) in [6.45, 7) is 5.14. The first-order valence-corrected chi connectivity index (χ1v) is 6.18. The maximum Gasteiger partial charge on any atom is 0.308 e. The molecule has 2 rings (SSSR count). The Kier molecular flexibility index (Phi) is 3.65. The lowest BCUT2D eigenvalue weighted by Gasteiger charge is -2.06. The molecule has 0 heterocycles. The number of rotatable bonds is 2. The van der Waals surface area contributed by atoms with Crippen LogP contribution in [0, 0.1) is 6.92 Å². The van der Waals surface area contributed by atoms with E-state index < -0.39 is 5.97 Å². The van der Waals surface area contributed by atoms with Gasteiger partial charge in [-0.1, -0.05) is 24.3 Å². The highest BCUT2D eigenvalue weighted by Crippen LogP contribution is 2.31. The Morgan fingerprint density at radius 1 is 1.26 bits per heavy atom. The number of allylic oxidation sites excluding steroid dienone is 2. The van der Waals surface area contributed by atoms with E-state index in [1.54, 1.807) is 6.08 Å². The highest BCUT2D eigenvalue weighted by atomic mass is 16.5. The van der Waals surface area contributed by atoms with Crippen LogP contribution >= 0.6 is 0 Å². The minimum absolute atomic E-state index is 0.00277. The summed E-state index contributed by atoms with van der Waals surface area (Å²) in [5.74, 6) is 0.0116. The van der Waals surface area contributed by atoms with Crippen molar-refractivity contribution in [2.45, 2.75) is 27.2 Å². The molecule has 0 aromatic heterocycles. The average molecular weight is 256 g/mol. The lowest BCUT2D eigenvalue weighted by molar-refractivity contribution is -0.136. The number of benzene rings is 1. The van der Waals surface area contributed by atoms with Crippen molar-refractivity contribution < 1.29 is 14.3 Å². The van der Waals surface area contributed by atoms with Crippen LogP contribution in [0.2, 0.25) is 0 Å². The van der Waals surface area contributed by atoms with E-state index >= 15 is 0 Å². The van der Waals surface area contributed by atoms with Crippen molar-refractivity contribution in [3.63, 3.8) is 0 Å². The van der Waals surface area contributed by atoms with Gasteiger partial charge in [-0.05, 0) is 36.6 Å². The van der Waals surface area contributed by atoms with Crippen molar-refractivity contribution >= 4 is 17.8 Å². The molecular formula is C16H16O3. The molecule has 0 amide bonds. The molecular weight excluding hydrogens is 240 g/mol. The van der Waals surface area contributed by atoms with Gasteiger partial charge in [0.2, 0.25) is 0 Å². The molecule has 0 spiro atoms. The fraction of sp³-hybridized carbons (Fsp3) is 0.250. The zero-order chi connectivity index (χ0) is 14.0. The van der Waals surface area contributed by atoms with Crippen molar-refractivity contribution in [1.82, 2.24) is 0 Å². The van der Waals surface area contributed by atoms with Gasteiger partial charge in [-0.2, -0.15) is 0 Å². The third-order valence-electron chi connectivity index (χ3n) is 3.09. The molecule has 0 radical (unpaired) electrons. The van der Waals surface area contributed by atoms with E-state index in [1.165, 1.54) is 6.92 Å². The molecule has 3 heteroatoms. The van der Waals surface area contributed by atoms with Gasteiger partial charge in [-0.3, -0.25) is 9.59 Å². The summed E-state index contributed by atoms with van der Waals surface area (Å²) in [5.41, 5.74) is 3.33. The fourth-order valence-electron chi connectivity index (χ4n) is 2.11. The quantitative estimate of drug-likeness (QED) is 0.603. The molecule has 0 fully saturated rings. The molecule has 98 valence electrons. The minimum Gasteiger partial charge on any atom is -0.426 e. The molecule has 1 aliphatic carbocycles. The topological polar surface area (TPSA) is 43.4 Å². The predicted octanol–water partition coefficient (Wildman–Crippen LogP) is 3.19. The lowest BCUT2D eigenvalue weighted by atomic mass is 10.0. The highest BCUT2D eigenvalue weighted by molar-refractivity contribution is 6.08. The largest absolute Gasteiger partial charge is 0.426 e. The van der Waals surface area contributed by atoms with Gasteiger partial charge in [-0.25, -0.2) is 0 Å². The Balaban J connectivity index is 2.45. The van der Waals surface area contributed by atoms with Gasteiger partial charge in [0.15, 0.2) is 5.78 Å². The van der Waals surface area contributed by atoms with Crippen LogP contribution in [0.4, 0.5) is 0 Å². The molecule has 1 aromatic carbocycles. The Bertz CT molecular complexity index is 606. The molecule has 0 N–H and O–H groups in total. The summed E-state index contributed by atoms with van der Waals surface area (Å²) < 4.78 is 5.17. The second-order valence-corrected chi connectivity index (χ2v) is 4.72. The zero-order valence-corrected chi connectivity index (χ0v) is 11.3. The second kappa shape index (κ2) is 5.22. The van der Waals surface area contributed by atoms with E-state index in [9.17, 15) is 9.59 Å². The van der Waals surface area contributed by atoms with Crippen molar-refractivity contribution in [3.05, 3.63) is 52.3 Å². The van der Waals surface area contributed by atoms with Crippen LogP contribution in [0.3, 0.4) is 0 Å². The Labute approximate surface area is 112 Å². The smallest absolute Gasteiger partial charge is 0.308 e. The first-order valence-electron chi connectivity index (χ1n) is 6.18. The van der Waals surface area contributed by atoms with Gasteiger partial charge in [0.1, 0.15) is 5.76 Å². The van der Waals surface area contributed by atoms with E-state index in [1.807, 2.05) is 38.1 Å². The SMILES string of the molecule is CC(=O)OC1=C(C)CC(=O)/C1=C/c1ccccc1C. The van der Waals surface area contributed by atoms with E-state index in [4.69, 9.17) is 4.74 Å². The van der Waals surface area contributed by atoms with Gasteiger partial charge >= 0.3 is 5.97 Å². The van der Waals surface area contributed by atoms with Crippen molar-refractivity contribution in [3.8, 4) is 0 Å². The van der Waals surface area contributed by atoms with Crippen molar-refractivity contribution in [1.29, 1.82) is 0 Å². The predicted molar refractivity (Wildman–Crippen MR) is 73.2 cm³/mol. The zero-order valence-electron chi connectivity index (χ0n) is 11.3. The van der Waals surface area contributed by atoms with E-state index in [0.717, 1.165) is 16.7 Å². The number of carbonyl (C=O) groups is 2. The van der Waals surface area contributed by atoms with Crippen LogP contribution in [-0.4, -0.2) is 11.8 Å². The van der Waals surface area contributed by atoms with Crippen molar-refractivity contribution in [2.24, 2.45) is 0 Å². The molecule has 0 saturated carbocycles. The van der Waals surface area contributed by atoms with Crippen LogP contribution < -0.4 is 0 Å². The van der Waals surface area contributed by atoms with Gasteiger partial charge in [0.05, 0.1) is 5.57 Å². The Morgan fingerprint density at radius 3 is 2.58 bits per heavy atom. The number of ether oxygens (including phenoxy) is 1. The lowest BCUT2D eigenvalue weighted by Crippen LogP contribution is -2.03. The van der Waals surface area contributed by atoms with Crippen molar-refractivity contribution in [2.75, 3.05) is 0 Å². The number of hydrogen-bond acceptors (Lipinski definition) is 3. The van der Waals surface area contributed by atoms with Gasteiger partial charge in [-0.15, -0.1) is 0 Å². The van der Waals surface area contributed by atoms with Crippen LogP contribution in [0.1, 0.15) is 31.4 Å². The maximum atomic E-state index is 12.0. The average Bonchev–Trinajstić information content (AvgIpc) is 2.58. The Morgan fingerprint density at radius 2 is 1.95 bits per heavy atom. The number of carbonyl (C=O) groups excluding carboxylic acids is 2. The number of ketones is 1. The third-order valence-corrected chi connectivity index (χ3v) is 3.09. The van der Waals surface area contributed by atoms with Crippen LogP contribution in [0.15, 0.2) is 41.2 Å². The standard InChI is InChI=1S/C16H16O3/c1-10-6-4-5-7-13(10)9-14-15(18)8-11(2)16(14)19-12(3)17/h4-7,9H,8H2,1-3H3/b14-9-. The minimum atomic E-state index is -0.403. The summed E-state index contributed by atoms with van der Waals surface area (Å²) in [6, 6.07) is 7.78. The Hall–Kier alpha value is -2.16. The van der Waals surface area contributed by atoms with E-state index in [-0.39, 0.29) is 5.78 Å². The number of esters is 1. The van der Waals surface area contributed by atoms with Gasteiger partial charge in [0, 0.05) is 13.3 Å². The first-order chi connectivity index (χ1) is 8.99. The summed E-state index contributed by atoms with van der Waals surface area (Å²) in [4.78, 5) is 23.1. The summed E-state index contributed by atoms with van der Waals surface area (Å²) >= 11 is 0. The number of Topliss-reactive ketones (excluding diaryl/α,β-unsaturated/α-hetero) is 1. The molecule has 0 atom stereocenters. The van der Waals surface area contributed by atoms with Crippen LogP contribution in [0.5, 0.6) is 0 Å². The number of aryl methyl sites for hydroxylation is 1. The molecule has 1 aliphatic rings. The normalized spacial score (nSPS) is 17.2. The van der Waals surface area contributed by atoms with E-state index in [2.05, 4.69) is 0 Å². The van der Waals surface area contributed by atoms with Gasteiger partial charge in [0.25, 0.3) is 0 Å². The molecule has 0 bridgehead atoms. The maximum absolute atomic E-state index is 12.0.